The molecule has 0 bridgehead atoms. The predicted octanol–water partition coefficient (Wildman–Crippen LogP) is -0.436. The summed E-state index contributed by atoms with van der Waals surface area (Å²) in [6, 6.07) is 2.56. The van der Waals surface area contributed by atoms with E-state index in [2.05, 4.69) is 37.2 Å². The second-order valence-electron chi connectivity index (χ2n) is 7.24. The van der Waals surface area contributed by atoms with E-state index in [1.807, 2.05) is 11.9 Å². The molecule has 0 N–H and O–H groups in total. The molecule has 120 valence electrons. The van der Waals surface area contributed by atoms with Gasteiger partial charge in [0.1, 0.15) is 0 Å². The van der Waals surface area contributed by atoms with Gasteiger partial charge in [-0.2, -0.15) is 0 Å². The lowest BCUT2D eigenvalue weighted by Crippen LogP contribution is -2.73. The summed E-state index contributed by atoms with van der Waals surface area (Å²) in [6.45, 7) is 12.9. The van der Waals surface area contributed by atoms with Crippen LogP contribution in [-0.2, 0) is 0 Å². The van der Waals surface area contributed by atoms with Crippen molar-refractivity contribution in [2.45, 2.75) is 18.1 Å². The van der Waals surface area contributed by atoms with Crippen molar-refractivity contribution < 1.29 is 0 Å². The molecular formula is C15H29N5S. The molecule has 0 aromatic rings. The van der Waals surface area contributed by atoms with Gasteiger partial charge < -0.3 is 4.90 Å². The van der Waals surface area contributed by atoms with Crippen molar-refractivity contribution in [1.82, 2.24) is 23.9 Å². The van der Waals surface area contributed by atoms with Gasteiger partial charge in [0.25, 0.3) is 0 Å². The summed E-state index contributed by atoms with van der Waals surface area (Å²) in [6.07, 6.45) is 2.19. The normalized spacial score (nSPS) is 32.9. The molecule has 4 aliphatic heterocycles. The van der Waals surface area contributed by atoms with Crippen LogP contribution in [0.3, 0.4) is 0 Å². The molecule has 0 spiro atoms. The fraction of sp³-hybridized carbons (Fsp3) is 1.00. The Morgan fingerprint density at radius 3 is 1.67 bits per heavy atom. The summed E-state index contributed by atoms with van der Waals surface area (Å²) in [5, 5.41) is 0. The van der Waals surface area contributed by atoms with Crippen LogP contribution in [0.4, 0.5) is 0 Å². The maximum absolute atomic E-state index is 2.73. The Hall–Kier alpha value is 0.150. The summed E-state index contributed by atoms with van der Waals surface area (Å²) in [4.78, 5) is 10.6. The minimum absolute atomic E-state index is 0.850. The zero-order chi connectivity index (χ0) is 14.4. The first-order valence-corrected chi connectivity index (χ1v) is 9.61. The van der Waals surface area contributed by atoms with E-state index >= 15 is 0 Å². The number of rotatable bonds is 4. The Balaban J connectivity index is 1.14. The van der Waals surface area contributed by atoms with Gasteiger partial charge in [-0.15, -0.1) is 0 Å². The van der Waals surface area contributed by atoms with Crippen LogP contribution in [0.25, 0.3) is 0 Å². The van der Waals surface area contributed by atoms with E-state index in [-0.39, 0.29) is 0 Å². The third-order valence-corrected chi connectivity index (χ3v) is 6.77. The van der Waals surface area contributed by atoms with Crippen molar-refractivity contribution in [3.05, 3.63) is 0 Å². The van der Waals surface area contributed by atoms with Crippen LogP contribution in [0.5, 0.6) is 0 Å². The van der Waals surface area contributed by atoms with Crippen LogP contribution in [0, 0.1) is 0 Å². The lowest BCUT2D eigenvalue weighted by molar-refractivity contribution is -0.0816. The minimum atomic E-state index is 0.850. The second-order valence-corrected chi connectivity index (χ2v) is 8.12. The van der Waals surface area contributed by atoms with Crippen LogP contribution >= 0.6 is 11.9 Å². The van der Waals surface area contributed by atoms with Crippen molar-refractivity contribution in [1.29, 1.82) is 0 Å². The molecule has 0 radical (unpaired) electrons. The lowest BCUT2D eigenvalue weighted by atomic mass is 9.95. The molecule has 4 fully saturated rings. The first-order chi connectivity index (χ1) is 10.2. The highest BCUT2D eigenvalue weighted by Gasteiger charge is 2.44. The number of likely N-dealkylation sites (N-methyl/N-ethyl adjacent to an activating group) is 1. The highest BCUT2D eigenvalue weighted by atomic mass is 32.2. The molecule has 0 saturated carbocycles. The zero-order valence-corrected chi connectivity index (χ0v) is 14.3. The summed E-state index contributed by atoms with van der Waals surface area (Å²) in [7, 11) is 2.24. The topological polar surface area (TPSA) is 16.2 Å². The number of nitrogens with zero attached hydrogens (tertiary/aromatic N) is 5. The fourth-order valence-electron chi connectivity index (χ4n) is 4.02. The molecule has 4 aliphatic rings. The average molecular weight is 311 g/mol. The summed E-state index contributed by atoms with van der Waals surface area (Å²) >= 11 is 1.89. The molecule has 21 heavy (non-hydrogen) atoms. The van der Waals surface area contributed by atoms with E-state index in [4.69, 9.17) is 0 Å². The third-order valence-electron chi connectivity index (χ3n) is 5.96. The van der Waals surface area contributed by atoms with Gasteiger partial charge in [0.2, 0.25) is 0 Å². The molecule has 0 aromatic carbocycles. The second kappa shape index (κ2) is 5.98. The molecule has 6 heteroatoms. The predicted molar refractivity (Wildman–Crippen MR) is 88.7 cm³/mol. The average Bonchev–Trinajstić information content (AvgIpc) is 2.33. The molecule has 0 atom stereocenters. The van der Waals surface area contributed by atoms with Crippen molar-refractivity contribution in [3.63, 3.8) is 0 Å². The van der Waals surface area contributed by atoms with Gasteiger partial charge in [0.15, 0.2) is 0 Å². The van der Waals surface area contributed by atoms with E-state index in [0.29, 0.717) is 0 Å². The minimum Gasteiger partial charge on any atom is -0.304 e. The van der Waals surface area contributed by atoms with Gasteiger partial charge in [-0.1, -0.05) is 11.9 Å². The van der Waals surface area contributed by atoms with Crippen LogP contribution in [0.1, 0.15) is 0 Å². The standard InChI is InChI=1S/C15H29N5S/c1-16-3-5-17(6-4-16)13-7-18(8-13)14-9-19(10-14)15-11-20(12-15)21-2/h13-15H,3-12H2,1-2H3. The first-order valence-electron chi connectivity index (χ1n) is 8.42. The molecule has 4 rings (SSSR count). The van der Waals surface area contributed by atoms with Gasteiger partial charge in [0, 0.05) is 83.6 Å². The van der Waals surface area contributed by atoms with Crippen LogP contribution in [-0.4, -0.2) is 121 Å². The smallest absolute Gasteiger partial charge is 0.0370 e. The van der Waals surface area contributed by atoms with Crippen molar-refractivity contribution in [3.8, 4) is 0 Å². The Labute approximate surface area is 133 Å². The number of hydrogen-bond donors (Lipinski definition) is 0. The van der Waals surface area contributed by atoms with Gasteiger partial charge in [-0.3, -0.25) is 14.7 Å². The SMILES string of the molecule is CSN1CC(N2CC(N3CC(N4CCN(C)CC4)C3)C2)C1. The quantitative estimate of drug-likeness (QED) is 0.650. The number of piperazine rings is 1. The van der Waals surface area contributed by atoms with Gasteiger partial charge in [-0.05, 0) is 13.3 Å². The maximum Gasteiger partial charge on any atom is 0.0370 e. The molecule has 0 unspecified atom stereocenters. The Morgan fingerprint density at radius 2 is 1.14 bits per heavy atom. The highest BCUT2D eigenvalue weighted by Crippen LogP contribution is 2.29. The highest BCUT2D eigenvalue weighted by molar-refractivity contribution is 7.96. The van der Waals surface area contributed by atoms with Crippen LogP contribution in [0.2, 0.25) is 0 Å². The van der Waals surface area contributed by atoms with E-state index in [1.54, 1.807) is 0 Å². The lowest BCUT2D eigenvalue weighted by Gasteiger charge is -2.58. The zero-order valence-electron chi connectivity index (χ0n) is 13.4. The van der Waals surface area contributed by atoms with Crippen LogP contribution < -0.4 is 0 Å². The summed E-state index contributed by atoms with van der Waals surface area (Å²) in [5.74, 6) is 0. The molecule has 4 saturated heterocycles. The third kappa shape index (κ3) is 2.86. The Morgan fingerprint density at radius 1 is 0.667 bits per heavy atom. The summed E-state index contributed by atoms with van der Waals surface area (Å²) in [5.41, 5.74) is 0. The molecular weight excluding hydrogens is 282 g/mol. The number of hydrogen-bond acceptors (Lipinski definition) is 6. The number of likely N-dealkylation sites (tertiary alicyclic amines) is 2. The molecule has 5 nitrogen and oxygen atoms in total. The molecule has 0 aromatic heterocycles. The fourth-order valence-corrected chi connectivity index (χ4v) is 4.66. The van der Waals surface area contributed by atoms with Gasteiger partial charge in [-0.25, -0.2) is 4.31 Å². The van der Waals surface area contributed by atoms with E-state index in [1.165, 1.54) is 65.4 Å². The van der Waals surface area contributed by atoms with Crippen LogP contribution in [0.15, 0.2) is 0 Å². The van der Waals surface area contributed by atoms with E-state index in [9.17, 15) is 0 Å². The molecule has 4 heterocycles. The van der Waals surface area contributed by atoms with Gasteiger partial charge in [0.05, 0.1) is 0 Å². The first kappa shape index (κ1) is 14.7. The van der Waals surface area contributed by atoms with Crippen molar-refractivity contribution >= 4 is 11.9 Å². The molecule has 0 aliphatic carbocycles. The Kier molecular flexibility index (Phi) is 4.19. The molecule has 0 amide bonds. The monoisotopic (exact) mass is 311 g/mol. The van der Waals surface area contributed by atoms with E-state index in [0.717, 1.165) is 18.1 Å². The van der Waals surface area contributed by atoms with Gasteiger partial charge >= 0.3 is 0 Å². The largest absolute Gasteiger partial charge is 0.304 e. The maximum atomic E-state index is 2.73. The summed E-state index contributed by atoms with van der Waals surface area (Å²) < 4.78 is 2.46. The van der Waals surface area contributed by atoms with Crippen molar-refractivity contribution in [2.24, 2.45) is 0 Å². The van der Waals surface area contributed by atoms with E-state index < -0.39 is 0 Å². The Bertz CT molecular complexity index is 355. The van der Waals surface area contributed by atoms with Crippen molar-refractivity contribution in [2.75, 3.05) is 78.8 Å².